The number of carbonyl (C=O) groups is 1. The van der Waals surface area contributed by atoms with E-state index in [1.807, 2.05) is 55.5 Å². The number of nitrogens with zero attached hydrogens (tertiary/aromatic N) is 2. The Morgan fingerprint density at radius 1 is 1.02 bits per heavy atom. The Balaban J connectivity index is 1.43. The number of para-hydroxylation sites is 1. The Morgan fingerprint density at radius 3 is 2.54 bits per heavy atom. The summed E-state index contributed by atoms with van der Waals surface area (Å²) >= 11 is 13.1. The van der Waals surface area contributed by atoms with Crippen molar-refractivity contribution in [2.75, 3.05) is 13.6 Å². The second-order valence-corrected chi connectivity index (χ2v) is 12.3. The highest BCUT2D eigenvalue weighted by Gasteiger charge is 2.40. The minimum atomic E-state index is -4.07. The van der Waals surface area contributed by atoms with E-state index in [1.54, 1.807) is 6.07 Å². The van der Waals surface area contributed by atoms with Gasteiger partial charge in [-0.1, -0.05) is 59.6 Å². The first-order chi connectivity index (χ1) is 19.7. The largest absolute Gasteiger partial charge is 0.488 e. The van der Waals surface area contributed by atoms with Crippen LogP contribution in [0.5, 0.6) is 11.5 Å². The molecule has 1 aliphatic heterocycles. The summed E-state index contributed by atoms with van der Waals surface area (Å²) in [6.07, 6.45) is 1.01. The highest BCUT2D eigenvalue weighted by atomic mass is 35.5. The number of benzene rings is 3. The Bertz CT molecular complexity index is 1700. The summed E-state index contributed by atoms with van der Waals surface area (Å²) in [6, 6.07) is 19.3. The summed E-state index contributed by atoms with van der Waals surface area (Å²) in [4.78, 5) is 16.9. The van der Waals surface area contributed by atoms with Crippen LogP contribution in [0.15, 0.2) is 71.6 Å². The third-order valence-electron chi connectivity index (χ3n) is 6.99. The van der Waals surface area contributed by atoms with Gasteiger partial charge in [-0.15, -0.1) is 0 Å². The lowest BCUT2D eigenvalue weighted by molar-refractivity contribution is -0.123. The van der Waals surface area contributed by atoms with Crippen molar-refractivity contribution >= 4 is 50.0 Å². The van der Waals surface area contributed by atoms with Crippen LogP contribution < -0.4 is 14.8 Å². The minimum absolute atomic E-state index is 0.0451. The molecule has 0 bridgehead atoms. The van der Waals surface area contributed by atoms with Gasteiger partial charge in [0.25, 0.3) is 0 Å². The third kappa shape index (κ3) is 5.99. The highest BCUT2D eigenvalue weighted by Crippen LogP contribution is 2.37. The van der Waals surface area contributed by atoms with Gasteiger partial charge < -0.3 is 14.8 Å². The molecular weight excluding hydrogens is 585 g/mol. The summed E-state index contributed by atoms with van der Waals surface area (Å²) in [6.45, 7) is 2.39. The molecule has 1 saturated heterocycles. The van der Waals surface area contributed by atoms with E-state index in [0.717, 1.165) is 16.6 Å². The predicted octanol–water partition coefficient (Wildman–Crippen LogP) is 5.91. The molecular formula is C30H29Cl2N3O5S. The Labute approximate surface area is 249 Å². The lowest BCUT2D eigenvalue weighted by atomic mass is 10.1. The van der Waals surface area contributed by atoms with Crippen LogP contribution in [0.25, 0.3) is 10.9 Å². The van der Waals surface area contributed by atoms with Crippen molar-refractivity contribution in [3.8, 4) is 11.5 Å². The predicted molar refractivity (Wildman–Crippen MR) is 159 cm³/mol. The van der Waals surface area contributed by atoms with Gasteiger partial charge in [0.05, 0.1) is 5.02 Å². The van der Waals surface area contributed by atoms with E-state index in [9.17, 15) is 13.2 Å². The molecule has 1 fully saturated rings. The normalized spacial score (nSPS) is 15.7. The third-order valence-corrected chi connectivity index (χ3v) is 9.84. The van der Waals surface area contributed by atoms with Crippen LogP contribution in [0.3, 0.4) is 0 Å². The second kappa shape index (κ2) is 12.2. The van der Waals surface area contributed by atoms with Crippen molar-refractivity contribution in [3.63, 3.8) is 0 Å². The number of sulfonamides is 1. The maximum atomic E-state index is 13.6. The second-order valence-electron chi connectivity index (χ2n) is 9.70. The van der Waals surface area contributed by atoms with E-state index in [1.165, 1.54) is 23.5 Å². The fourth-order valence-electron chi connectivity index (χ4n) is 4.92. The first-order valence-electron chi connectivity index (χ1n) is 13.1. The van der Waals surface area contributed by atoms with Gasteiger partial charge in [0.1, 0.15) is 41.2 Å². The average molecular weight is 615 g/mol. The van der Waals surface area contributed by atoms with Crippen LogP contribution in [0.2, 0.25) is 10.0 Å². The number of aryl methyl sites for hydroxylation is 1. The molecule has 1 N–H and O–H groups in total. The van der Waals surface area contributed by atoms with Gasteiger partial charge in [0.2, 0.25) is 15.9 Å². The number of hydrogen-bond donors (Lipinski definition) is 1. The van der Waals surface area contributed by atoms with E-state index < -0.39 is 16.1 Å². The van der Waals surface area contributed by atoms with Gasteiger partial charge >= 0.3 is 0 Å². The van der Waals surface area contributed by atoms with Crippen molar-refractivity contribution < 1.29 is 22.7 Å². The van der Waals surface area contributed by atoms with Gasteiger partial charge in [-0.3, -0.25) is 4.79 Å². The van der Waals surface area contributed by atoms with Crippen LogP contribution in [0.1, 0.15) is 29.7 Å². The van der Waals surface area contributed by atoms with Crippen LogP contribution in [-0.2, 0) is 28.0 Å². The van der Waals surface area contributed by atoms with Gasteiger partial charge in [0.15, 0.2) is 0 Å². The molecule has 0 spiro atoms. The molecule has 11 heteroatoms. The topological polar surface area (TPSA) is 97.8 Å². The van der Waals surface area contributed by atoms with Gasteiger partial charge in [-0.05, 0) is 49.6 Å². The van der Waals surface area contributed by atoms with E-state index in [4.69, 9.17) is 32.7 Å². The average Bonchev–Trinajstić information content (AvgIpc) is 3.47. The van der Waals surface area contributed by atoms with E-state index in [-0.39, 0.29) is 34.0 Å². The molecule has 1 aromatic heterocycles. The van der Waals surface area contributed by atoms with Crippen LogP contribution >= 0.6 is 23.2 Å². The lowest BCUT2D eigenvalue weighted by Crippen LogP contribution is -2.44. The number of fused-ring (bicyclic) bond motifs is 1. The molecule has 3 aromatic carbocycles. The molecule has 8 nitrogen and oxygen atoms in total. The standard InChI is InChI=1S/C30H29Cl2N3O5S/c1-19-16-26(39-17-20-8-4-3-5-9-20)21-10-6-12-25(29(21)34-19)40-18-22-23(31)13-14-27(28(22)32)41(37,38)35-15-7-11-24(35)30(36)33-2/h3-6,8-10,12-14,16,24H,7,11,15,17-18H2,1-2H3,(H,33,36)/t24-/m0/s1. The number of hydrogen-bond acceptors (Lipinski definition) is 6. The summed E-state index contributed by atoms with van der Waals surface area (Å²) in [7, 11) is -2.59. The van der Waals surface area contributed by atoms with Crippen LogP contribution in [-0.4, -0.2) is 43.2 Å². The monoisotopic (exact) mass is 613 g/mol. The maximum Gasteiger partial charge on any atom is 0.245 e. The Kier molecular flexibility index (Phi) is 8.70. The number of likely N-dealkylation sites (N-methyl/N-ethyl adjacent to an activating group) is 1. The zero-order chi connectivity index (χ0) is 29.1. The lowest BCUT2D eigenvalue weighted by Gasteiger charge is -2.24. The molecule has 1 aliphatic rings. The summed E-state index contributed by atoms with van der Waals surface area (Å²) in [5.41, 5.74) is 2.70. The fraction of sp³-hybridized carbons (Fsp3) is 0.267. The quantitative estimate of drug-likeness (QED) is 0.252. The SMILES string of the molecule is CNC(=O)[C@@H]1CCCN1S(=O)(=O)c1ccc(Cl)c(COc2cccc3c(OCc4ccccc4)cc(C)nc23)c1Cl. The first-order valence-corrected chi connectivity index (χ1v) is 15.3. The molecule has 0 unspecified atom stereocenters. The fourth-order valence-corrected chi connectivity index (χ4v) is 7.44. The number of halogens is 2. The van der Waals surface area contributed by atoms with Gasteiger partial charge in [-0.25, -0.2) is 13.4 Å². The number of amides is 1. The molecule has 1 atom stereocenters. The maximum absolute atomic E-state index is 13.6. The number of ether oxygens (including phenoxy) is 2. The number of rotatable bonds is 9. The van der Waals surface area contributed by atoms with Crippen molar-refractivity contribution in [2.45, 2.75) is 43.9 Å². The molecule has 41 heavy (non-hydrogen) atoms. The zero-order valence-corrected chi connectivity index (χ0v) is 24.9. The zero-order valence-electron chi connectivity index (χ0n) is 22.6. The van der Waals surface area contributed by atoms with Crippen molar-refractivity contribution in [2.24, 2.45) is 0 Å². The van der Waals surface area contributed by atoms with Crippen molar-refractivity contribution in [3.05, 3.63) is 93.6 Å². The molecule has 214 valence electrons. The molecule has 0 aliphatic carbocycles. The number of carbonyl (C=O) groups excluding carboxylic acids is 1. The molecule has 0 saturated carbocycles. The number of aromatic nitrogens is 1. The molecule has 1 amide bonds. The number of nitrogens with one attached hydrogen (secondary N) is 1. The van der Waals surface area contributed by atoms with E-state index in [0.29, 0.717) is 42.0 Å². The molecule has 2 heterocycles. The highest BCUT2D eigenvalue weighted by molar-refractivity contribution is 7.89. The molecule has 5 rings (SSSR count). The Morgan fingerprint density at radius 2 is 1.78 bits per heavy atom. The minimum Gasteiger partial charge on any atom is -0.488 e. The van der Waals surface area contributed by atoms with Crippen molar-refractivity contribution in [1.29, 1.82) is 0 Å². The van der Waals surface area contributed by atoms with Gasteiger partial charge in [-0.2, -0.15) is 4.31 Å². The van der Waals surface area contributed by atoms with Gasteiger partial charge in [0, 0.05) is 41.3 Å². The molecule has 4 aromatic rings. The smallest absolute Gasteiger partial charge is 0.245 e. The van der Waals surface area contributed by atoms with Crippen LogP contribution in [0, 0.1) is 6.92 Å². The first kappa shape index (κ1) is 29.1. The summed E-state index contributed by atoms with van der Waals surface area (Å²) in [5, 5.41) is 3.52. The van der Waals surface area contributed by atoms with Crippen LogP contribution in [0.4, 0.5) is 0 Å². The summed E-state index contributed by atoms with van der Waals surface area (Å²) in [5.74, 6) is 0.781. The molecule has 0 radical (unpaired) electrons. The van der Waals surface area contributed by atoms with E-state index in [2.05, 4.69) is 10.3 Å². The summed E-state index contributed by atoms with van der Waals surface area (Å²) < 4.78 is 40.7. The Hall–Kier alpha value is -3.37. The van der Waals surface area contributed by atoms with Crippen molar-refractivity contribution in [1.82, 2.24) is 14.6 Å². The number of pyridine rings is 1. The van der Waals surface area contributed by atoms with E-state index >= 15 is 0 Å².